The molecule has 24 heavy (non-hydrogen) atoms. The van der Waals surface area contributed by atoms with Gasteiger partial charge in [-0.1, -0.05) is 35.9 Å². The summed E-state index contributed by atoms with van der Waals surface area (Å²) in [5.41, 5.74) is 3.87. The molecule has 0 saturated heterocycles. The zero-order chi connectivity index (χ0) is 16.9. The van der Waals surface area contributed by atoms with Crippen molar-refractivity contribution in [1.29, 1.82) is 0 Å². The van der Waals surface area contributed by atoms with Crippen molar-refractivity contribution in [3.05, 3.63) is 83.1 Å². The zero-order valence-electron chi connectivity index (χ0n) is 13.1. The molecule has 3 aromatic rings. The summed E-state index contributed by atoms with van der Waals surface area (Å²) in [7, 11) is 0. The Balaban J connectivity index is 1.79. The van der Waals surface area contributed by atoms with Crippen molar-refractivity contribution in [2.75, 3.05) is 10.6 Å². The van der Waals surface area contributed by atoms with E-state index >= 15 is 0 Å². The SMILES string of the molecule is Cc1ccc(Cl)cc1Nc1cncc(C(=O)Nc2ccccc2)c1. The number of halogens is 1. The van der Waals surface area contributed by atoms with E-state index in [1.54, 1.807) is 12.3 Å². The Hall–Kier alpha value is -2.85. The van der Waals surface area contributed by atoms with Crippen molar-refractivity contribution in [3.63, 3.8) is 0 Å². The van der Waals surface area contributed by atoms with Crippen LogP contribution < -0.4 is 10.6 Å². The minimum atomic E-state index is -0.208. The first-order valence-electron chi connectivity index (χ1n) is 7.46. The van der Waals surface area contributed by atoms with E-state index in [1.165, 1.54) is 6.20 Å². The molecule has 3 rings (SSSR count). The van der Waals surface area contributed by atoms with Gasteiger partial charge in [0, 0.05) is 22.6 Å². The topological polar surface area (TPSA) is 54.0 Å². The number of hydrogen-bond acceptors (Lipinski definition) is 3. The lowest BCUT2D eigenvalue weighted by Gasteiger charge is -2.11. The molecule has 0 saturated carbocycles. The average Bonchev–Trinajstić information content (AvgIpc) is 2.59. The Bertz CT molecular complexity index is 865. The van der Waals surface area contributed by atoms with Crippen molar-refractivity contribution < 1.29 is 4.79 Å². The Morgan fingerprint density at radius 1 is 1.00 bits per heavy atom. The van der Waals surface area contributed by atoms with Gasteiger partial charge >= 0.3 is 0 Å². The van der Waals surface area contributed by atoms with Crippen LogP contribution in [0.3, 0.4) is 0 Å². The molecule has 0 unspecified atom stereocenters. The third-order valence-corrected chi connectivity index (χ3v) is 3.75. The Morgan fingerprint density at radius 2 is 1.79 bits per heavy atom. The van der Waals surface area contributed by atoms with E-state index in [4.69, 9.17) is 11.6 Å². The lowest BCUT2D eigenvalue weighted by molar-refractivity contribution is 0.102. The summed E-state index contributed by atoms with van der Waals surface area (Å²) < 4.78 is 0. The second kappa shape index (κ2) is 7.15. The maximum absolute atomic E-state index is 12.3. The molecule has 1 aromatic heterocycles. The quantitative estimate of drug-likeness (QED) is 0.701. The fourth-order valence-corrected chi connectivity index (χ4v) is 2.41. The summed E-state index contributed by atoms with van der Waals surface area (Å²) in [6, 6.07) is 16.7. The van der Waals surface area contributed by atoms with E-state index in [9.17, 15) is 4.79 Å². The predicted octanol–water partition coefficient (Wildman–Crippen LogP) is 5.04. The van der Waals surface area contributed by atoms with Gasteiger partial charge in [-0.25, -0.2) is 0 Å². The molecular weight excluding hydrogens is 322 g/mol. The molecule has 0 atom stereocenters. The first kappa shape index (κ1) is 16.0. The number of anilines is 3. The van der Waals surface area contributed by atoms with Crippen molar-refractivity contribution in [2.45, 2.75) is 6.92 Å². The molecule has 2 N–H and O–H groups in total. The van der Waals surface area contributed by atoms with Crippen molar-refractivity contribution >= 4 is 34.6 Å². The van der Waals surface area contributed by atoms with E-state index in [0.29, 0.717) is 10.6 Å². The predicted molar refractivity (Wildman–Crippen MR) is 98.1 cm³/mol. The van der Waals surface area contributed by atoms with Gasteiger partial charge in [0.15, 0.2) is 0 Å². The third-order valence-electron chi connectivity index (χ3n) is 3.51. The normalized spacial score (nSPS) is 10.2. The Labute approximate surface area is 145 Å². The van der Waals surface area contributed by atoms with Gasteiger partial charge in [-0.3, -0.25) is 9.78 Å². The van der Waals surface area contributed by atoms with Crippen LogP contribution in [0.2, 0.25) is 5.02 Å². The fourth-order valence-electron chi connectivity index (χ4n) is 2.24. The van der Waals surface area contributed by atoms with Gasteiger partial charge in [-0.2, -0.15) is 0 Å². The molecule has 120 valence electrons. The average molecular weight is 338 g/mol. The number of aromatic nitrogens is 1. The molecule has 0 bridgehead atoms. The van der Waals surface area contributed by atoms with E-state index in [2.05, 4.69) is 15.6 Å². The molecule has 1 amide bonds. The van der Waals surface area contributed by atoms with Crippen LogP contribution in [-0.4, -0.2) is 10.9 Å². The molecule has 1 heterocycles. The lowest BCUT2D eigenvalue weighted by Crippen LogP contribution is -2.12. The van der Waals surface area contributed by atoms with Gasteiger partial charge < -0.3 is 10.6 Å². The molecule has 0 spiro atoms. The number of nitrogens with one attached hydrogen (secondary N) is 2. The highest BCUT2D eigenvalue weighted by molar-refractivity contribution is 6.30. The minimum Gasteiger partial charge on any atom is -0.354 e. The molecule has 0 aliphatic rings. The smallest absolute Gasteiger partial charge is 0.257 e. The van der Waals surface area contributed by atoms with Crippen LogP contribution >= 0.6 is 11.6 Å². The summed E-state index contributed by atoms with van der Waals surface area (Å²) in [4.78, 5) is 16.5. The lowest BCUT2D eigenvalue weighted by atomic mass is 10.2. The van der Waals surface area contributed by atoms with E-state index in [0.717, 1.165) is 22.6 Å². The Morgan fingerprint density at radius 3 is 2.58 bits per heavy atom. The summed E-state index contributed by atoms with van der Waals surface area (Å²) in [6.45, 7) is 1.98. The van der Waals surface area contributed by atoms with Gasteiger partial charge in [-0.15, -0.1) is 0 Å². The minimum absolute atomic E-state index is 0.208. The van der Waals surface area contributed by atoms with Crippen LogP contribution in [0.1, 0.15) is 15.9 Å². The highest BCUT2D eigenvalue weighted by Gasteiger charge is 2.08. The van der Waals surface area contributed by atoms with E-state index in [-0.39, 0.29) is 5.91 Å². The first-order chi connectivity index (χ1) is 11.6. The number of carbonyl (C=O) groups excluding carboxylic acids is 1. The van der Waals surface area contributed by atoms with E-state index < -0.39 is 0 Å². The van der Waals surface area contributed by atoms with Crippen molar-refractivity contribution in [3.8, 4) is 0 Å². The molecule has 0 aliphatic carbocycles. The molecule has 4 nitrogen and oxygen atoms in total. The van der Waals surface area contributed by atoms with Crippen LogP contribution in [-0.2, 0) is 0 Å². The number of carbonyl (C=O) groups is 1. The van der Waals surface area contributed by atoms with Crippen LogP contribution in [0.15, 0.2) is 67.0 Å². The number of aryl methyl sites for hydroxylation is 1. The molecule has 2 aromatic carbocycles. The van der Waals surface area contributed by atoms with Crippen molar-refractivity contribution in [2.24, 2.45) is 0 Å². The Kier molecular flexibility index (Phi) is 4.77. The highest BCUT2D eigenvalue weighted by Crippen LogP contribution is 2.24. The molecule has 0 radical (unpaired) electrons. The number of nitrogens with zero attached hydrogens (tertiary/aromatic N) is 1. The number of rotatable bonds is 4. The molecular formula is C19H16ClN3O. The van der Waals surface area contributed by atoms with Gasteiger partial charge in [0.05, 0.1) is 17.4 Å². The number of amides is 1. The van der Waals surface area contributed by atoms with Crippen LogP contribution in [0, 0.1) is 6.92 Å². The maximum atomic E-state index is 12.3. The van der Waals surface area contributed by atoms with Gasteiger partial charge in [-0.05, 0) is 42.8 Å². The summed E-state index contributed by atoms with van der Waals surface area (Å²) >= 11 is 6.04. The summed E-state index contributed by atoms with van der Waals surface area (Å²) in [5.74, 6) is -0.208. The number of hydrogen-bond donors (Lipinski definition) is 2. The first-order valence-corrected chi connectivity index (χ1v) is 7.84. The maximum Gasteiger partial charge on any atom is 0.257 e. The van der Waals surface area contributed by atoms with Crippen LogP contribution in [0.25, 0.3) is 0 Å². The second-order valence-electron chi connectivity index (χ2n) is 5.37. The van der Waals surface area contributed by atoms with Crippen LogP contribution in [0.5, 0.6) is 0 Å². The van der Waals surface area contributed by atoms with Crippen molar-refractivity contribution in [1.82, 2.24) is 4.98 Å². The third kappa shape index (κ3) is 3.91. The van der Waals surface area contributed by atoms with Crippen LogP contribution in [0.4, 0.5) is 17.1 Å². The number of benzene rings is 2. The van der Waals surface area contributed by atoms with Gasteiger partial charge in [0.1, 0.15) is 0 Å². The standard InChI is InChI=1S/C19H16ClN3O/c1-13-7-8-15(20)10-18(13)22-17-9-14(11-21-12-17)19(24)23-16-5-3-2-4-6-16/h2-12,22H,1H3,(H,23,24). The molecule has 0 fully saturated rings. The number of para-hydroxylation sites is 1. The van der Waals surface area contributed by atoms with E-state index in [1.807, 2.05) is 55.5 Å². The monoisotopic (exact) mass is 337 g/mol. The molecule has 0 aliphatic heterocycles. The largest absolute Gasteiger partial charge is 0.354 e. The second-order valence-corrected chi connectivity index (χ2v) is 5.80. The summed E-state index contributed by atoms with van der Waals surface area (Å²) in [5, 5.41) is 6.73. The number of pyridine rings is 1. The fraction of sp³-hybridized carbons (Fsp3) is 0.0526. The highest BCUT2D eigenvalue weighted by atomic mass is 35.5. The van der Waals surface area contributed by atoms with Gasteiger partial charge in [0.25, 0.3) is 5.91 Å². The summed E-state index contributed by atoms with van der Waals surface area (Å²) in [6.07, 6.45) is 3.20. The zero-order valence-corrected chi connectivity index (χ0v) is 13.8. The molecule has 5 heteroatoms. The van der Waals surface area contributed by atoms with Gasteiger partial charge in [0.2, 0.25) is 0 Å².